The lowest BCUT2D eigenvalue weighted by Crippen LogP contribution is -2.43. The molecule has 0 N–H and O–H groups in total. The second-order valence-electron chi connectivity index (χ2n) is 6.90. The molecule has 152 valence electrons. The van der Waals surface area contributed by atoms with E-state index in [2.05, 4.69) is 0 Å². The zero-order chi connectivity index (χ0) is 20.2. The molecule has 7 heteroatoms. The molecule has 0 radical (unpaired) electrons. The van der Waals surface area contributed by atoms with E-state index in [1.807, 2.05) is 60.7 Å². The first kappa shape index (κ1) is 19.7. The first-order valence-electron chi connectivity index (χ1n) is 9.46. The molecule has 29 heavy (non-hydrogen) atoms. The summed E-state index contributed by atoms with van der Waals surface area (Å²) >= 11 is 0. The van der Waals surface area contributed by atoms with Crippen LogP contribution >= 0.6 is 0 Å². The van der Waals surface area contributed by atoms with Gasteiger partial charge in [0, 0.05) is 18.1 Å². The van der Waals surface area contributed by atoms with E-state index in [4.69, 9.17) is 23.7 Å². The van der Waals surface area contributed by atoms with Crippen LogP contribution in [0, 0.1) is 0 Å². The SMILES string of the molecule is CC(=O)OCC1OC(c2ccccc2)OC(C=O)C2OC(c3ccccc3)OC12. The summed E-state index contributed by atoms with van der Waals surface area (Å²) in [4.78, 5) is 23.2. The highest BCUT2D eigenvalue weighted by Gasteiger charge is 2.50. The van der Waals surface area contributed by atoms with Gasteiger partial charge in [0.25, 0.3) is 0 Å². The molecular weight excluding hydrogens is 376 g/mol. The van der Waals surface area contributed by atoms with E-state index < -0.39 is 43.0 Å². The molecule has 6 atom stereocenters. The number of hydrogen-bond acceptors (Lipinski definition) is 7. The van der Waals surface area contributed by atoms with Crippen molar-refractivity contribution >= 4 is 12.3 Å². The summed E-state index contributed by atoms with van der Waals surface area (Å²) in [5, 5.41) is 0. The normalized spacial score (nSPS) is 31.5. The van der Waals surface area contributed by atoms with Crippen molar-refractivity contribution in [2.24, 2.45) is 0 Å². The van der Waals surface area contributed by atoms with Gasteiger partial charge in [0.15, 0.2) is 18.9 Å². The molecule has 2 aliphatic heterocycles. The summed E-state index contributed by atoms with van der Waals surface area (Å²) in [7, 11) is 0. The van der Waals surface area contributed by atoms with E-state index in [0.717, 1.165) is 11.1 Å². The summed E-state index contributed by atoms with van der Waals surface area (Å²) in [6.45, 7) is 1.28. The lowest BCUT2D eigenvalue weighted by Gasteiger charge is -2.25. The summed E-state index contributed by atoms with van der Waals surface area (Å²) in [5.41, 5.74) is 1.56. The fourth-order valence-electron chi connectivity index (χ4n) is 3.50. The molecule has 4 rings (SSSR count). The quantitative estimate of drug-likeness (QED) is 0.566. The Morgan fingerprint density at radius 3 is 1.97 bits per heavy atom. The molecule has 0 spiro atoms. The lowest BCUT2D eigenvalue weighted by atomic mass is 10.0. The van der Waals surface area contributed by atoms with Crippen LogP contribution in [0.4, 0.5) is 0 Å². The van der Waals surface area contributed by atoms with Crippen molar-refractivity contribution in [2.75, 3.05) is 6.61 Å². The first-order valence-corrected chi connectivity index (χ1v) is 9.46. The second kappa shape index (κ2) is 8.84. The zero-order valence-corrected chi connectivity index (χ0v) is 15.9. The van der Waals surface area contributed by atoms with Crippen LogP contribution in [0.1, 0.15) is 30.6 Å². The third-order valence-corrected chi connectivity index (χ3v) is 4.88. The maximum absolute atomic E-state index is 11.8. The highest BCUT2D eigenvalue weighted by Crippen LogP contribution is 2.40. The van der Waals surface area contributed by atoms with Gasteiger partial charge < -0.3 is 28.5 Å². The average molecular weight is 398 g/mol. The Bertz CT molecular complexity index is 826. The molecule has 0 bridgehead atoms. The van der Waals surface area contributed by atoms with Gasteiger partial charge in [-0.2, -0.15) is 0 Å². The third kappa shape index (κ3) is 4.38. The van der Waals surface area contributed by atoms with Gasteiger partial charge in [0.05, 0.1) is 0 Å². The van der Waals surface area contributed by atoms with Gasteiger partial charge in [-0.25, -0.2) is 0 Å². The fourth-order valence-corrected chi connectivity index (χ4v) is 3.50. The number of carbonyl (C=O) groups is 2. The van der Waals surface area contributed by atoms with E-state index in [9.17, 15) is 9.59 Å². The van der Waals surface area contributed by atoms with Gasteiger partial charge in [-0.3, -0.25) is 4.79 Å². The van der Waals surface area contributed by atoms with Crippen LogP contribution in [0.25, 0.3) is 0 Å². The van der Waals surface area contributed by atoms with Gasteiger partial charge in [0.1, 0.15) is 31.0 Å². The maximum Gasteiger partial charge on any atom is 0.302 e. The highest BCUT2D eigenvalue weighted by molar-refractivity contribution is 5.65. The van der Waals surface area contributed by atoms with Gasteiger partial charge in [-0.05, 0) is 0 Å². The minimum atomic E-state index is -0.902. The number of ether oxygens (including phenoxy) is 5. The van der Waals surface area contributed by atoms with Gasteiger partial charge in [-0.15, -0.1) is 0 Å². The number of hydrogen-bond donors (Lipinski definition) is 0. The molecule has 6 unspecified atom stereocenters. The fraction of sp³-hybridized carbons (Fsp3) is 0.364. The van der Waals surface area contributed by atoms with E-state index in [1.54, 1.807) is 0 Å². The number of rotatable bonds is 5. The Balaban J connectivity index is 1.62. The minimum absolute atomic E-state index is 0.0420. The molecule has 2 aromatic rings. The van der Waals surface area contributed by atoms with Gasteiger partial charge in [-0.1, -0.05) is 60.7 Å². The smallest absolute Gasteiger partial charge is 0.302 e. The van der Waals surface area contributed by atoms with Crippen LogP contribution in [0.2, 0.25) is 0 Å². The van der Waals surface area contributed by atoms with E-state index in [0.29, 0.717) is 6.29 Å². The van der Waals surface area contributed by atoms with Crippen LogP contribution in [-0.2, 0) is 33.3 Å². The van der Waals surface area contributed by atoms with Crippen molar-refractivity contribution in [1.82, 2.24) is 0 Å². The molecule has 0 amide bonds. The molecule has 0 saturated carbocycles. The number of fused-ring (bicyclic) bond motifs is 1. The Morgan fingerprint density at radius 1 is 0.862 bits per heavy atom. The molecule has 2 heterocycles. The van der Waals surface area contributed by atoms with E-state index >= 15 is 0 Å². The van der Waals surface area contributed by atoms with Crippen molar-refractivity contribution in [2.45, 2.75) is 43.9 Å². The molecule has 0 aliphatic carbocycles. The number of carbonyl (C=O) groups excluding carboxylic acids is 2. The maximum atomic E-state index is 11.8. The number of aldehydes is 1. The lowest BCUT2D eigenvalue weighted by molar-refractivity contribution is -0.217. The molecule has 0 aromatic heterocycles. The van der Waals surface area contributed by atoms with E-state index in [-0.39, 0.29) is 6.61 Å². The van der Waals surface area contributed by atoms with Crippen molar-refractivity contribution < 1.29 is 33.3 Å². The summed E-state index contributed by atoms with van der Waals surface area (Å²) in [6.07, 6.45) is -3.72. The Morgan fingerprint density at radius 2 is 1.41 bits per heavy atom. The van der Waals surface area contributed by atoms with Crippen LogP contribution in [-0.4, -0.2) is 43.3 Å². The minimum Gasteiger partial charge on any atom is -0.463 e. The molecule has 2 fully saturated rings. The zero-order valence-electron chi connectivity index (χ0n) is 15.9. The Hall–Kier alpha value is -2.58. The van der Waals surface area contributed by atoms with Crippen molar-refractivity contribution in [3.8, 4) is 0 Å². The summed E-state index contributed by atoms with van der Waals surface area (Å²) in [6, 6.07) is 18.7. The Labute approximate surface area is 168 Å². The predicted molar refractivity (Wildman–Crippen MR) is 101 cm³/mol. The van der Waals surface area contributed by atoms with Crippen molar-refractivity contribution in [3.05, 3.63) is 71.8 Å². The Kier molecular flexibility index (Phi) is 6.01. The van der Waals surface area contributed by atoms with E-state index in [1.165, 1.54) is 6.92 Å². The van der Waals surface area contributed by atoms with Gasteiger partial charge >= 0.3 is 5.97 Å². The predicted octanol–water partition coefficient (Wildman–Crippen LogP) is 2.71. The average Bonchev–Trinajstić information content (AvgIpc) is 3.13. The number of esters is 1. The largest absolute Gasteiger partial charge is 0.463 e. The highest BCUT2D eigenvalue weighted by atomic mass is 16.8. The van der Waals surface area contributed by atoms with Crippen LogP contribution in [0.15, 0.2) is 60.7 Å². The molecule has 2 aromatic carbocycles. The molecule has 2 aliphatic rings. The monoisotopic (exact) mass is 398 g/mol. The molecule has 7 nitrogen and oxygen atoms in total. The van der Waals surface area contributed by atoms with Crippen LogP contribution < -0.4 is 0 Å². The third-order valence-electron chi connectivity index (χ3n) is 4.88. The second-order valence-corrected chi connectivity index (χ2v) is 6.90. The standard InChI is InChI=1S/C22H22O7/c1-14(24)25-13-18-20-19(28-22(29-20)16-10-6-3-7-11-16)17(12-23)26-21(27-18)15-8-4-2-5-9-15/h2-12,17-22H,13H2,1H3. The van der Waals surface area contributed by atoms with Crippen LogP contribution in [0.5, 0.6) is 0 Å². The van der Waals surface area contributed by atoms with Crippen LogP contribution in [0.3, 0.4) is 0 Å². The molecule has 2 saturated heterocycles. The topological polar surface area (TPSA) is 80.3 Å². The molecular formula is C22H22O7. The van der Waals surface area contributed by atoms with Crippen molar-refractivity contribution in [1.29, 1.82) is 0 Å². The van der Waals surface area contributed by atoms with Crippen molar-refractivity contribution in [3.63, 3.8) is 0 Å². The number of benzene rings is 2. The summed E-state index contributed by atoms with van der Waals surface area (Å²) in [5.74, 6) is -0.433. The first-order chi connectivity index (χ1) is 14.2. The van der Waals surface area contributed by atoms with Gasteiger partial charge in [0.2, 0.25) is 0 Å². The summed E-state index contributed by atoms with van der Waals surface area (Å²) < 4.78 is 29.4.